The lowest BCUT2D eigenvalue weighted by Gasteiger charge is -2.32. The second-order valence-electron chi connectivity index (χ2n) is 8.81. The summed E-state index contributed by atoms with van der Waals surface area (Å²) >= 11 is 0. The molecule has 0 aliphatic carbocycles. The van der Waals surface area contributed by atoms with E-state index in [1.807, 2.05) is 24.8 Å². The third kappa shape index (κ3) is 4.88. The molecule has 0 aromatic carbocycles. The van der Waals surface area contributed by atoms with E-state index in [0.29, 0.717) is 18.6 Å². The van der Waals surface area contributed by atoms with E-state index in [-0.39, 0.29) is 0 Å². The number of nitrogens with zero attached hydrogens (tertiary/aromatic N) is 6. The third-order valence-electron chi connectivity index (χ3n) is 6.25. The standard InChI is InChI=1S/C24H34N6O/c1-18(2)30-17-26-23-22(30)14-21(27-24(23)28(3)12-13-31-4)20-7-10-29(11-8-20)16-19-6-5-9-25-15-19/h5-6,9,14-15,17-18,20H,7-8,10-13,16H2,1-4H3. The smallest absolute Gasteiger partial charge is 0.156 e. The summed E-state index contributed by atoms with van der Waals surface area (Å²) in [5.41, 5.74) is 4.63. The maximum atomic E-state index is 5.29. The van der Waals surface area contributed by atoms with Crippen molar-refractivity contribution >= 4 is 16.9 Å². The molecule has 0 atom stereocenters. The number of anilines is 1. The van der Waals surface area contributed by atoms with Gasteiger partial charge in [0.05, 0.1) is 18.5 Å². The van der Waals surface area contributed by atoms with Crippen LogP contribution >= 0.6 is 0 Å². The normalized spacial score (nSPS) is 15.8. The van der Waals surface area contributed by atoms with E-state index in [1.54, 1.807) is 7.11 Å². The molecule has 7 nitrogen and oxygen atoms in total. The molecular weight excluding hydrogens is 388 g/mol. The van der Waals surface area contributed by atoms with Gasteiger partial charge in [0.25, 0.3) is 0 Å². The summed E-state index contributed by atoms with van der Waals surface area (Å²) in [5, 5.41) is 0. The van der Waals surface area contributed by atoms with Crippen molar-refractivity contribution in [3.8, 4) is 0 Å². The number of likely N-dealkylation sites (N-methyl/N-ethyl adjacent to an activating group) is 1. The lowest BCUT2D eigenvalue weighted by molar-refractivity contribution is 0.203. The number of rotatable bonds is 8. The molecule has 0 bridgehead atoms. The molecular formula is C24H34N6O. The van der Waals surface area contributed by atoms with Crippen LogP contribution in [0.4, 0.5) is 5.82 Å². The fourth-order valence-electron chi connectivity index (χ4n) is 4.39. The van der Waals surface area contributed by atoms with Gasteiger partial charge in [-0.3, -0.25) is 9.88 Å². The van der Waals surface area contributed by atoms with Crippen molar-refractivity contribution in [2.75, 3.05) is 45.3 Å². The Morgan fingerprint density at radius 1 is 1.26 bits per heavy atom. The van der Waals surface area contributed by atoms with E-state index in [2.05, 4.69) is 52.4 Å². The lowest BCUT2D eigenvalue weighted by atomic mass is 9.92. The average molecular weight is 423 g/mol. The van der Waals surface area contributed by atoms with Crippen molar-refractivity contribution in [3.63, 3.8) is 0 Å². The zero-order chi connectivity index (χ0) is 21.8. The molecule has 4 rings (SSSR count). The first kappa shape index (κ1) is 21.7. The van der Waals surface area contributed by atoms with E-state index in [0.717, 1.165) is 50.4 Å². The lowest BCUT2D eigenvalue weighted by Crippen LogP contribution is -2.33. The zero-order valence-electron chi connectivity index (χ0n) is 19.2. The molecule has 0 saturated carbocycles. The molecule has 1 fully saturated rings. The highest BCUT2D eigenvalue weighted by Gasteiger charge is 2.25. The molecule has 3 aromatic rings. The van der Waals surface area contributed by atoms with Gasteiger partial charge in [-0.15, -0.1) is 0 Å². The first-order chi connectivity index (χ1) is 15.1. The second-order valence-corrected chi connectivity index (χ2v) is 8.81. The number of imidazole rings is 1. The fraction of sp³-hybridized carbons (Fsp3) is 0.542. The highest BCUT2D eigenvalue weighted by Crippen LogP contribution is 2.33. The van der Waals surface area contributed by atoms with Gasteiger partial charge in [0, 0.05) is 57.3 Å². The topological polar surface area (TPSA) is 59.3 Å². The van der Waals surface area contributed by atoms with E-state index in [1.165, 1.54) is 16.8 Å². The van der Waals surface area contributed by atoms with Gasteiger partial charge in [-0.05, 0) is 57.5 Å². The Balaban J connectivity index is 1.56. The Morgan fingerprint density at radius 3 is 2.74 bits per heavy atom. The van der Waals surface area contributed by atoms with Crippen molar-refractivity contribution in [1.29, 1.82) is 0 Å². The summed E-state index contributed by atoms with van der Waals surface area (Å²) in [6.45, 7) is 8.99. The first-order valence-corrected chi connectivity index (χ1v) is 11.3. The van der Waals surface area contributed by atoms with E-state index < -0.39 is 0 Å². The molecule has 1 aliphatic heterocycles. The summed E-state index contributed by atoms with van der Waals surface area (Å²) in [5.74, 6) is 1.43. The Hall–Kier alpha value is -2.51. The van der Waals surface area contributed by atoms with Gasteiger partial charge >= 0.3 is 0 Å². The molecule has 1 aliphatic rings. The highest BCUT2D eigenvalue weighted by atomic mass is 16.5. The molecule has 7 heteroatoms. The van der Waals surface area contributed by atoms with Crippen LogP contribution < -0.4 is 4.90 Å². The monoisotopic (exact) mass is 422 g/mol. The maximum Gasteiger partial charge on any atom is 0.156 e. The quantitative estimate of drug-likeness (QED) is 0.549. The number of ether oxygens (including phenoxy) is 1. The minimum Gasteiger partial charge on any atom is -0.383 e. The van der Waals surface area contributed by atoms with Crippen molar-refractivity contribution < 1.29 is 4.74 Å². The number of methoxy groups -OCH3 is 1. The van der Waals surface area contributed by atoms with E-state index >= 15 is 0 Å². The van der Waals surface area contributed by atoms with Crippen LogP contribution in [0.25, 0.3) is 11.0 Å². The summed E-state index contributed by atoms with van der Waals surface area (Å²) in [6, 6.07) is 6.81. The number of likely N-dealkylation sites (tertiary alicyclic amines) is 1. The fourth-order valence-corrected chi connectivity index (χ4v) is 4.39. The number of hydrogen-bond acceptors (Lipinski definition) is 6. The summed E-state index contributed by atoms with van der Waals surface area (Å²) in [7, 11) is 3.82. The van der Waals surface area contributed by atoms with Gasteiger partial charge in [0.2, 0.25) is 0 Å². The predicted octanol–water partition coefficient (Wildman–Crippen LogP) is 3.87. The Kier molecular flexibility index (Phi) is 6.83. The molecule has 3 aromatic heterocycles. The average Bonchev–Trinajstić information content (AvgIpc) is 3.22. The maximum absolute atomic E-state index is 5.29. The van der Waals surface area contributed by atoms with Crippen LogP contribution in [0.2, 0.25) is 0 Å². The Labute approximate surface area is 185 Å². The minimum absolute atomic E-state index is 0.360. The molecule has 166 valence electrons. The van der Waals surface area contributed by atoms with Gasteiger partial charge in [-0.25, -0.2) is 9.97 Å². The van der Waals surface area contributed by atoms with E-state index in [9.17, 15) is 0 Å². The van der Waals surface area contributed by atoms with Gasteiger partial charge in [0.1, 0.15) is 5.52 Å². The van der Waals surface area contributed by atoms with Crippen LogP contribution in [0.5, 0.6) is 0 Å². The van der Waals surface area contributed by atoms with Crippen LogP contribution in [-0.4, -0.2) is 64.8 Å². The van der Waals surface area contributed by atoms with Gasteiger partial charge in [-0.1, -0.05) is 6.07 Å². The van der Waals surface area contributed by atoms with E-state index in [4.69, 9.17) is 14.7 Å². The highest BCUT2D eigenvalue weighted by molar-refractivity contribution is 5.87. The minimum atomic E-state index is 0.360. The zero-order valence-corrected chi connectivity index (χ0v) is 19.2. The van der Waals surface area contributed by atoms with Gasteiger partial charge < -0.3 is 14.2 Å². The Bertz CT molecular complexity index is 978. The number of pyridine rings is 2. The predicted molar refractivity (Wildman–Crippen MR) is 125 cm³/mol. The summed E-state index contributed by atoms with van der Waals surface area (Å²) < 4.78 is 7.55. The molecule has 0 unspecified atom stereocenters. The van der Waals surface area contributed by atoms with Crippen LogP contribution in [0, 0.1) is 0 Å². The summed E-state index contributed by atoms with van der Waals surface area (Å²) in [4.78, 5) is 18.8. The van der Waals surface area contributed by atoms with Gasteiger partial charge in [-0.2, -0.15) is 0 Å². The molecule has 0 N–H and O–H groups in total. The van der Waals surface area contributed by atoms with Crippen molar-refractivity contribution in [2.45, 2.75) is 45.2 Å². The van der Waals surface area contributed by atoms with Crippen molar-refractivity contribution in [2.24, 2.45) is 0 Å². The molecule has 4 heterocycles. The summed E-state index contributed by atoms with van der Waals surface area (Å²) in [6.07, 6.45) is 7.99. The largest absolute Gasteiger partial charge is 0.383 e. The number of hydrogen-bond donors (Lipinski definition) is 0. The van der Waals surface area contributed by atoms with Gasteiger partial charge in [0.15, 0.2) is 5.82 Å². The third-order valence-corrected chi connectivity index (χ3v) is 6.25. The van der Waals surface area contributed by atoms with Crippen LogP contribution in [0.1, 0.15) is 49.9 Å². The molecule has 0 spiro atoms. The van der Waals surface area contributed by atoms with Crippen LogP contribution in [-0.2, 0) is 11.3 Å². The molecule has 0 amide bonds. The number of fused-ring (bicyclic) bond motifs is 1. The molecule has 0 radical (unpaired) electrons. The number of aromatic nitrogens is 4. The van der Waals surface area contributed by atoms with Crippen molar-refractivity contribution in [3.05, 3.63) is 48.2 Å². The second kappa shape index (κ2) is 9.75. The molecule has 1 saturated heterocycles. The SMILES string of the molecule is COCCN(C)c1nc(C2CCN(Cc3cccnc3)CC2)cc2c1ncn2C(C)C. The Morgan fingerprint density at radius 2 is 2.06 bits per heavy atom. The number of piperidine rings is 1. The molecule has 31 heavy (non-hydrogen) atoms. The van der Waals surface area contributed by atoms with Crippen LogP contribution in [0.15, 0.2) is 36.9 Å². The first-order valence-electron chi connectivity index (χ1n) is 11.3. The van der Waals surface area contributed by atoms with Crippen molar-refractivity contribution in [1.82, 2.24) is 24.4 Å². The van der Waals surface area contributed by atoms with Crippen LogP contribution in [0.3, 0.4) is 0 Å².